The van der Waals surface area contributed by atoms with Gasteiger partial charge in [-0.2, -0.15) is 0 Å². The number of nitrogens with one attached hydrogen (secondary N) is 1. The van der Waals surface area contributed by atoms with Crippen molar-refractivity contribution >= 4 is 44.1 Å². The molecule has 4 nitrogen and oxygen atoms in total. The molecule has 1 aromatic heterocycles. The van der Waals surface area contributed by atoms with Crippen LogP contribution in [0.2, 0.25) is 0 Å². The Bertz CT molecular complexity index is 657. The predicted octanol–water partition coefficient (Wildman–Crippen LogP) is 3.50. The minimum Gasteiger partial charge on any atom is -0.298 e. The summed E-state index contributed by atoms with van der Waals surface area (Å²) in [4.78, 5) is 27.0. The van der Waals surface area contributed by atoms with E-state index in [0.717, 1.165) is 11.3 Å². The van der Waals surface area contributed by atoms with Gasteiger partial charge in [0.05, 0.1) is 10.0 Å². The number of halogens is 2. The molecule has 0 saturated carbocycles. The molecule has 0 aliphatic rings. The number of anilines is 1. The van der Waals surface area contributed by atoms with E-state index in [1.54, 1.807) is 5.38 Å². The molecular formula is C12H8BrFN2O2S. The number of hydrogen-bond acceptors (Lipinski definition) is 4. The van der Waals surface area contributed by atoms with Gasteiger partial charge in [0.2, 0.25) is 0 Å². The van der Waals surface area contributed by atoms with Gasteiger partial charge in [0.15, 0.2) is 10.9 Å². The van der Waals surface area contributed by atoms with Crippen molar-refractivity contribution in [1.29, 1.82) is 0 Å². The maximum absolute atomic E-state index is 13.3. The smallest absolute Gasteiger partial charge is 0.258 e. The van der Waals surface area contributed by atoms with Crippen LogP contribution in [-0.4, -0.2) is 16.7 Å². The van der Waals surface area contributed by atoms with Gasteiger partial charge < -0.3 is 0 Å². The Morgan fingerprint density at radius 2 is 2.16 bits per heavy atom. The molecule has 19 heavy (non-hydrogen) atoms. The Hall–Kier alpha value is -1.60. The van der Waals surface area contributed by atoms with Crippen LogP contribution >= 0.6 is 27.3 Å². The van der Waals surface area contributed by atoms with Crippen LogP contribution in [-0.2, 0) is 0 Å². The van der Waals surface area contributed by atoms with Gasteiger partial charge in [-0.3, -0.25) is 14.9 Å². The van der Waals surface area contributed by atoms with Crippen LogP contribution in [0.25, 0.3) is 0 Å². The van der Waals surface area contributed by atoms with Gasteiger partial charge in [0.1, 0.15) is 11.5 Å². The van der Waals surface area contributed by atoms with Crippen LogP contribution in [0.15, 0.2) is 28.1 Å². The van der Waals surface area contributed by atoms with Crippen LogP contribution in [0.3, 0.4) is 0 Å². The number of benzene rings is 1. The molecule has 0 radical (unpaired) electrons. The first-order chi connectivity index (χ1) is 8.99. The summed E-state index contributed by atoms with van der Waals surface area (Å²) < 4.78 is 13.4. The summed E-state index contributed by atoms with van der Waals surface area (Å²) in [7, 11) is 0. The highest BCUT2D eigenvalue weighted by atomic mass is 79.9. The summed E-state index contributed by atoms with van der Waals surface area (Å²) in [6, 6.07) is 4.18. The third-order valence-electron chi connectivity index (χ3n) is 2.28. The van der Waals surface area contributed by atoms with Gasteiger partial charge in [-0.05, 0) is 28.1 Å². The number of amides is 1. The lowest BCUT2D eigenvalue weighted by Crippen LogP contribution is -2.13. The molecule has 0 aliphatic carbocycles. The topological polar surface area (TPSA) is 59.1 Å². The van der Waals surface area contributed by atoms with E-state index in [0.29, 0.717) is 10.8 Å². The molecule has 98 valence electrons. The molecule has 0 fully saturated rings. The van der Waals surface area contributed by atoms with Crippen LogP contribution in [0.1, 0.15) is 27.8 Å². The molecule has 1 aromatic carbocycles. The molecule has 2 aromatic rings. The lowest BCUT2D eigenvalue weighted by atomic mass is 10.2. The number of hydrogen-bond donors (Lipinski definition) is 1. The van der Waals surface area contributed by atoms with E-state index in [4.69, 9.17) is 0 Å². The van der Waals surface area contributed by atoms with Crippen LogP contribution in [0, 0.1) is 5.82 Å². The van der Waals surface area contributed by atoms with Crippen molar-refractivity contribution in [2.75, 3.05) is 5.32 Å². The number of rotatable bonds is 3. The van der Waals surface area contributed by atoms with Crippen molar-refractivity contribution in [3.05, 3.63) is 45.1 Å². The molecule has 0 bridgehead atoms. The standard InChI is InChI=1S/C12H8BrFN2O2S/c1-6(17)9-5-19-12(15-9)16-11(18)7-3-2-4-8(14)10(7)13/h2-5H,1H3,(H,15,16,18). The van der Waals surface area contributed by atoms with E-state index in [9.17, 15) is 14.0 Å². The first-order valence-electron chi connectivity index (χ1n) is 5.21. The summed E-state index contributed by atoms with van der Waals surface area (Å²) in [5.74, 6) is -1.18. The Labute approximate surface area is 120 Å². The molecule has 0 atom stereocenters. The number of nitrogens with zero attached hydrogens (tertiary/aromatic N) is 1. The second-order valence-electron chi connectivity index (χ2n) is 3.65. The van der Waals surface area contributed by atoms with Crippen molar-refractivity contribution < 1.29 is 14.0 Å². The van der Waals surface area contributed by atoms with Crippen LogP contribution in [0.4, 0.5) is 9.52 Å². The third kappa shape index (κ3) is 3.05. The molecule has 7 heteroatoms. The third-order valence-corrected chi connectivity index (χ3v) is 3.85. The minimum atomic E-state index is -0.517. The molecule has 0 spiro atoms. The van der Waals surface area contributed by atoms with Crippen LogP contribution < -0.4 is 5.32 Å². The zero-order chi connectivity index (χ0) is 14.0. The number of ketones is 1. The second-order valence-corrected chi connectivity index (χ2v) is 5.30. The normalized spacial score (nSPS) is 10.3. The largest absolute Gasteiger partial charge is 0.298 e. The molecule has 1 amide bonds. The zero-order valence-corrected chi connectivity index (χ0v) is 12.1. The average molecular weight is 343 g/mol. The molecule has 1 N–H and O–H groups in total. The fourth-order valence-electron chi connectivity index (χ4n) is 1.34. The monoisotopic (exact) mass is 342 g/mol. The molecule has 0 unspecified atom stereocenters. The molecule has 2 rings (SSSR count). The van der Waals surface area contributed by atoms with Crippen molar-refractivity contribution in [2.45, 2.75) is 6.92 Å². The highest BCUT2D eigenvalue weighted by molar-refractivity contribution is 9.10. The van der Waals surface area contributed by atoms with Crippen molar-refractivity contribution in [2.24, 2.45) is 0 Å². The fourth-order valence-corrected chi connectivity index (χ4v) is 2.53. The molecular weight excluding hydrogens is 335 g/mol. The zero-order valence-electron chi connectivity index (χ0n) is 9.74. The maximum atomic E-state index is 13.3. The first-order valence-corrected chi connectivity index (χ1v) is 6.88. The van der Waals surface area contributed by atoms with E-state index in [1.807, 2.05) is 0 Å². The number of carbonyl (C=O) groups is 2. The van der Waals surface area contributed by atoms with Crippen molar-refractivity contribution in [1.82, 2.24) is 4.98 Å². The quantitative estimate of drug-likeness (QED) is 0.868. The van der Waals surface area contributed by atoms with Crippen molar-refractivity contribution in [3.63, 3.8) is 0 Å². The van der Waals surface area contributed by atoms with Gasteiger partial charge in [-0.15, -0.1) is 11.3 Å². The highest BCUT2D eigenvalue weighted by Gasteiger charge is 2.15. The minimum absolute atomic E-state index is 0.0934. The maximum Gasteiger partial charge on any atom is 0.258 e. The predicted molar refractivity (Wildman–Crippen MR) is 74.2 cm³/mol. The van der Waals surface area contributed by atoms with E-state index in [1.165, 1.54) is 25.1 Å². The van der Waals surface area contributed by atoms with E-state index in [-0.39, 0.29) is 15.8 Å². The molecule has 0 saturated heterocycles. The average Bonchev–Trinajstić information content (AvgIpc) is 2.81. The summed E-state index contributed by atoms with van der Waals surface area (Å²) in [6.45, 7) is 1.39. The SMILES string of the molecule is CC(=O)c1csc(NC(=O)c2cccc(F)c2Br)n1. The summed E-state index contributed by atoms with van der Waals surface area (Å²) >= 11 is 4.15. The number of thiazole rings is 1. The van der Waals surface area contributed by atoms with E-state index < -0.39 is 11.7 Å². The van der Waals surface area contributed by atoms with Gasteiger partial charge >= 0.3 is 0 Å². The van der Waals surface area contributed by atoms with Gasteiger partial charge in [-0.1, -0.05) is 6.07 Å². The van der Waals surface area contributed by atoms with Gasteiger partial charge in [0.25, 0.3) is 5.91 Å². The Kier molecular flexibility index (Phi) is 4.06. The summed E-state index contributed by atoms with van der Waals surface area (Å²) in [5.41, 5.74) is 0.457. The van der Waals surface area contributed by atoms with Crippen LogP contribution in [0.5, 0.6) is 0 Å². The van der Waals surface area contributed by atoms with Gasteiger partial charge in [-0.25, -0.2) is 9.37 Å². The highest BCUT2D eigenvalue weighted by Crippen LogP contribution is 2.22. The van der Waals surface area contributed by atoms with Crippen molar-refractivity contribution in [3.8, 4) is 0 Å². The lowest BCUT2D eigenvalue weighted by Gasteiger charge is -2.04. The Morgan fingerprint density at radius 1 is 1.42 bits per heavy atom. The number of Topliss-reactive ketones (excluding diaryl/α,β-unsaturated/α-hetero) is 1. The Balaban J connectivity index is 2.21. The number of carbonyl (C=O) groups excluding carboxylic acids is 2. The lowest BCUT2D eigenvalue weighted by molar-refractivity contribution is 0.100. The van der Waals surface area contributed by atoms with Gasteiger partial charge in [0, 0.05) is 12.3 Å². The summed E-state index contributed by atoms with van der Waals surface area (Å²) in [6.07, 6.45) is 0. The molecule has 0 aliphatic heterocycles. The second kappa shape index (κ2) is 5.58. The molecule has 1 heterocycles. The Morgan fingerprint density at radius 3 is 2.79 bits per heavy atom. The van der Waals surface area contributed by atoms with E-state index in [2.05, 4.69) is 26.2 Å². The number of aromatic nitrogens is 1. The van der Waals surface area contributed by atoms with E-state index >= 15 is 0 Å². The first kappa shape index (κ1) is 13.8. The fraction of sp³-hybridized carbons (Fsp3) is 0.0833. The summed E-state index contributed by atoms with van der Waals surface area (Å²) in [5, 5.41) is 4.37.